The second-order valence-corrected chi connectivity index (χ2v) is 9.77. The Kier molecular flexibility index (Phi) is 6.73. The number of amides is 2. The van der Waals surface area contributed by atoms with E-state index in [4.69, 9.17) is 4.74 Å². The SMILES string of the molecule is O=C(CN1CCOCC1)Nc1ccc(NC(=O)c2cccc(N3CCCS3(=O)=O)c2)cc1. The molecule has 2 aliphatic heterocycles. The van der Waals surface area contributed by atoms with Crippen molar-refractivity contribution in [1.29, 1.82) is 0 Å². The summed E-state index contributed by atoms with van der Waals surface area (Å²) in [6.07, 6.45) is 0.577. The van der Waals surface area contributed by atoms with E-state index in [1.165, 1.54) is 4.31 Å². The van der Waals surface area contributed by atoms with Crippen molar-refractivity contribution in [3.05, 3.63) is 54.1 Å². The first-order valence-corrected chi connectivity index (χ1v) is 12.1. The maximum Gasteiger partial charge on any atom is 0.255 e. The van der Waals surface area contributed by atoms with Crippen LogP contribution in [0.4, 0.5) is 17.1 Å². The maximum absolute atomic E-state index is 12.7. The highest BCUT2D eigenvalue weighted by atomic mass is 32.2. The van der Waals surface area contributed by atoms with Crippen LogP contribution in [-0.4, -0.2) is 70.3 Å². The number of morpholine rings is 1. The fourth-order valence-corrected chi connectivity index (χ4v) is 5.29. The van der Waals surface area contributed by atoms with E-state index in [2.05, 4.69) is 10.6 Å². The van der Waals surface area contributed by atoms with E-state index in [9.17, 15) is 18.0 Å². The van der Waals surface area contributed by atoms with Crippen molar-refractivity contribution >= 4 is 38.9 Å². The lowest BCUT2D eigenvalue weighted by Crippen LogP contribution is -2.41. The summed E-state index contributed by atoms with van der Waals surface area (Å²) < 4.78 is 30.9. The monoisotopic (exact) mass is 458 g/mol. The average Bonchev–Trinajstić information content (AvgIpc) is 3.15. The molecule has 170 valence electrons. The third-order valence-electron chi connectivity index (χ3n) is 5.39. The third-order valence-corrected chi connectivity index (χ3v) is 7.26. The lowest BCUT2D eigenvalue weighted by Gasteiger charge is -2.25. The predicted octanol–water partition coefficient (Wildman–Crippen LogP) is 1.75. The van der Waals surface area contributed by atoms with E-state index in [1.54, 1.807) is 48.5 Å². The molecule has 0 bridgehead atoms. The largest absolute Gasteiger partial charge is 0.379 e. The molecule has 9 nitrogen and oxygen atoms in total. The number of anilines is 3. The van der Waals surface area contributed by atoms with Gasteiger partial charge in [-0.2, -0.15) is 0 Å². The molecule has 2 saturated heterocycles. The lowest BCUT2D eigenvalue weighted by molar-refractivity contribution is -0.118. The molecule has 2 aliphatic rings. The van der Waals surface area contributed by atoms with Gasteiger partial charge in [0.1, 0.15) is 0 Å². The Morgan fingerprint density at radius 3 is 2.28 bits per heavy atom. The van der Waals surface area contributed by atoms with Crippen molar-refractivity contribution in [1.82, 2.24) is 4.90 Å². The van der Waals surface area contributed by atoms with Gasteiger partial charge in [0.2, 0.25) is 15.9 Å². The third kappa shape index (κ3) is 5.45. The standard InChI is InChI=1S/C22H26N4O5S/c27-21(16-25-10-12-31-13-11-25)23-18-5-7-19(8-6-18)24-22(28)17-3-1-4-20(15-17)26-9-2-14-32(26,29)30/h1,3-8,15H,2,9-14,16H2,(H,23,27)(H,24,28). The van der Waals surface area contributed by atoms with Gasteiger partial charge in [-0.25, -0.2) is 8.42 Å². The predicted molar refractivity (Wildman–Crippen MR) is 122 cm³/mol. The number of sulfonamides is 1. The molecular formula is C22H26N4O5S. The smallest absolute Gasteiger partial charge is 0.255 e. The van der Waals surface area contributed by atoms with E-state index in [1.807, 2.05) is 4.90 Å². The first kappa shape index (κ1) is 22.3. The normalized spacial score (nSPS) is 18.3. The van der Waals surface area contributed by atoms with Gasteiger partial charge in [0.15, 0.2) is 0 Å². The minimum atomic E-state index is -3.31. The minimum absolute atomic E-state index is 0.0997. The molecule has 2 aromatic rings. The summed E-state index contributed by atoms with van der Waals surface area (Å²) in [6.45, 7) is 3.49. The van der Waals surface area contributed by atoms with E-state index in [0.29, 0.717) is 55.3 Å². The van der Waals surface area contributed by atoms with Crippen LogP contribution in [0.5, 0.6) is 0 Å². The van der Waals surface area contributed by atoms with Crippen LogP contribution < -0.4 is 14.9 Å². The van der Waals surface area contributed by atoms with Crippen LogP contribution in [0.25, 0.3) is 0 Å². The molecule has 10 heteroatoms. The molecule has 4 rings (SSSR count). The number of benzene rings is 2. The Morgan fingerprint density at radius 1 is 0.938 bits per heavy atom. The van der Waals surface area contributed by atoms with Gasteiger partial charge in [-0.3, -0.25) is 18.8 Å². The molecule has 0 aromatic heterocycles. The van der Waals surface area contributed by atoms with Crippen molar-refractivity contribution in [3.63, 3.8) is 0 Å². The van der Waals surface area contributed by atoms with Crippen LogP contribution in [0.1, 0.15) is 16.8 Å². The zero-order chi connectivity index (χ0) is 22.6. The summed E-state index contributed by atoms with van der Waals surface area (Å²) in [4.78, 5) is 26.9. The first-order valence-electron chi connectivity index (χ1n) is 10.5. The molecule has 0 atom stereocenters. The number of hydrogen-bond donors (Lipinski definition) is 2. The molecule has 2 N–H and O–H groups in total. The number of rotatable bonds is 6. The topological polar surface area (TPSA) is 108 Å². The Labute approximate surface area is 187 Å². The van der Waals surface area contributed by atoms with Gasteiger partial charge in [-0.1, -0.05) is 6.07 Å². The van der Waals surface area contributed by atoms with Crippen LogP contribution >= 0.6 is 0 Å². The summed E-state index contributed by atoms with van der Waals surface area (Å²) in [5.74, 6) is -0.316. The van der Waals surface area contributed by atoms with Crippen molar-refractivity contribution < 1.29 is 22.7 Å². The number of carbonyl (C=O) groups excluding carboxylic acids is 2. The molecule has 2 aromatic carbocycles. The molecule has 0 aliphatic carbocycles. The summed E-state index contributed by atoms with van der Waals surface area (Å²) in [5.41, 5.74) is 2.07. The summed E-state index contributed by atoms with van der Waals surface area (Å²) in [7, 11) is -3.31. The molecule has 0 spiro atoms. The fourth-order valence-electron chi connectivity index (χ4n) is 3.73. The van der Waals surface area contributed by atoms with E-state index in [0.717, 1.165) is 13.1 Å². The Hall–Kier alpha value is -2.95. The highest BCUT2D eigenvalue weighted by Gasteiger charge is 2.28. The summed E-state index contributed by atoms with van der Waals surface area (Å²) in [5, 5.41) is 5.65. The zero-order valence-corrected chi connectivity index (χ0v) is 18.4. The quantitative estimate of drug-likeness (QED) is 0.683. The van der Waals surface area contributed by atoms with Gasteiger partial charge < -0.3 is 15.4 Å². The number of carbonyl (C=O) groups is 2. The second-order valence-electron chi connectivity index (χ2n) is 7.76. The van der Waals surface area contributed by atoms with Gasteiger partial charge in [0.25, 0.3) is 5.91 Å². The van der Waals surface area contributed by atoms with Crippen molar-refractivity contribution in [2.45, 2.75) is 6.42 Å². The van der Waals surface area contributed by atoms with E-state index >= 15 is 0 Å². The van der Waals surface area contributed by atoms with Gasteiger partial charge in [-0.15, -0.1) is 0 Å². The highest BCUT2D eigenvalue weighted by Crippen LogP contribution is 2.25. The van der Waals surface area contributed by atoms with Crippen molar-refractivity contribution in [2.75, 3.05) is 60.1 Å². The van der Waals surface area contributed by atoms with Gasteiger partial charge in [0, 0.05) is 36.6 Å². The van der Waals surface area contributed by atoms with Crippen LogP contribution in [0.2, 0.25) is 0 Å². The average molecular weight is 459 g/mol. The molecular weight excluding hydrogens is 432 g/mol. The highest BCUT2D eigenvalue weighted by molar-refractivity contribution is 7.93. The van der Waals surface area contributed by atoms with Crippen molar-refractivity contribution in [2.24, 2.45) is 0 Å². The minimum Gasteiger partial charge on any atom is -0.379 e. The van der Waals surface area contributed by atoms with Gasteiger partial charge in [-0.05, 0) is 48.9 Å². The number of ether oxygens (including phenoxy) is 1. The Morgan fingerprint density at radius 2 is 1.62 bits per heavy atom. The maximum atomic E-state index is 12.7. The molecule has 2 fully saturated rings. The Balaban J connectivity index is 1.35. The summed E-state index contributed by atoms with van der Waals surface area (Å²) in [6, 6.07) is 13.4. The summed E-state index contributed by atoms with van der Waals surface area (Å²) >= 11 is 0. The number of hydrogen-bond acceptors (Lipinski definition) is 6. The zero-order valence-electron chi connectivity index (χ0n) is 17.6. The van der Waals surface area contributed by atoms with E-state index in [-0.39, 0.29) is 17.6 Å². The number of nitrogens with one attached hydrogen (secondary N) is 2. The van der Waals surface area contributed by atoms with Gasteiger partial charge >= 0.3 is 0 Å². The van der Waals surface area contributed by atoms with Crippen LogP contribution in [-0.2, 0) is 19.6 Å². The first-order chi connectivity index (χ1) is 15.4. The fraction of sp³-hybridized carbons (Fsp3) is 0.364. The Bertz CT molecular complexity index is 1080. The molecule has 32 heavy (non-hydrogen) atoms. The molecule has 0 radical (unpaired) electrons. The van der Waals surface area contributed by atoms with Crippen LogP contribution in [0.15, 0.2) is 48.5 Å². The molecule has 2 heterocycles. The lowest BCUT2D eigenvalue weighted by atomic mass is 10.1. The van der Waals surface area contributed by atoms with Crippen LogP contribution in [0, 0.1) is 0 Å². The second kappa shape index (κ2) is 9.68. The van der Waals surface area contributed by atoms with Gasteiger partial charge in [0.05, 0.1) is 31.2 Å². The van der Waals surface area contributed by atoms with Crippen molar-refractivity contribution in [3.8, 4) is 0 Å². The molecule has 0 saturated carbocycles. The van der Waals surface area contributed by atoms with Crippen LogP contribution in [0.3, 0.4) is 0 Å². The van der Waals surface area contributed by atoms with E-state index < -0.39 is 10.0 Å². The molecule has 0 unspecified atom stereocenters. The number of nitrogens with zero attached hydrogens (tertiary/aromatic N) is 2. The molecule has 2 amide bonds.